The third-order valence-electron chi connectivity index (χ3n) is 1.74. The molecule has 106 valence electrons. The van der Waals surface area contributed by atoms with Gasteiger partial charge in [-0.05, 0) is 18.4 Å². The van der Waals surface area contributed by atoms with Crippen molar-refractivity contribution in [1.82, 2.24) is 5.32 Å². The topological polar surface area (TPSA) is 75.6 Å². The number of carboxylic acid groups (broad SMARTS) is 1. The molecule has 0 aromatic rings. The van der Waals surface area contributed by atoms with E-state index in [9.17, 15) is 22.8 Å². The van der Waals surface area contributed by atoms with Gasteiger partial charge in [-0.3, -0.25) is 4.79 Å². The highest BCUT2D eigenvalue weighted by atomic mass is 32.2. The maximum absolute atomic E-state index is 11.7. The van der Waals surface area contributed by atoms with E-state index in [2.05, 4.69) is 10.1 Å². The van der Waals surface area contributed by atoms with Crippen LogP contribution in [0.3, 0.4) is 0 Å². The van der Waals surface area contributed by atoms with Gasteiger partial charge in [-0.15, -0.1) is 0 Å². The third-order valence-corrected chi connectivity index (χ3v) is 2.39. The number of halogens is 3. The van der Waals surface area contributed by atoms with Crippen LogP contribution < -0.4 is 5.32 Å². The van der Waals surface area contributed by atoms with Crippen molar-refractivity contribution in [2.24, 2.45) is 0 Å². The molecule has 0 aromatic carbocycles. The lowest BCUT2D eigenvalue weighted by molar-refractivity contribution is -0.176. The quantitative estimate of drug-likeness (QED) is 0.694. The number of carbonyl (C=O) groups is 2. The Morgan fingerprint density at radius 2 is 2.06 bits per heavy atom. The van der Waals surface area contributed by atoms with Crippen LogP contribution in [0.15, 0.2) is 0 Å². The van der Waals surface area contributed by atoms with Gasteiger partial charge in [0.05, 0.1) is 0 Å². The van der Waals surface area contributed by atoms with Crippen LogP contribution in [-0.2, 0) is 14.3 Å². The summed E-state index contributed by atoms with van der Waals surface area (Å²) in [4.78, 5) is 21.9. The van der Waals surface area contributed by atoms with E-state index in [0.717, 1.165) is 0 Å². The molecule has 9 heteroatoms. The number of aliphatic carboxylic acids is 1. The largest absolute Gasteiger partial charge is 0.480 e. The summed E-state index contributed by atoms with van der Waals surface area (Å²) in [6.07, 6.45) is -2.54. The van der Waals surface area contributed by atoms with E-state index in [1.807, 2.05) is 0 Å². The zero-order chi connectivity index (χ0) is 14.2. The molecule has 0 saturated heterocycles. The van der Waals surface area contributed by atoms with Gasteiger partial charge in [0.15, 0.2) is 0 Å². The van der Waals surface area contributed by atoms with Gasteiger partial charge in [-0.2, -0.15) is 24.9 Å². The van der Waals surface area contributed by atoms with Crippen LogP contribution in [0.5, 0.6) is 0 Å². The Morgan fingerprint density at radius 3 is 2.50 bits per heavy atom. The van der Waals surface area contributed by atoms with Gasteiger partial charge in [0.1, 0.15) is 19.3 Å². The lowest BCUT2D eigenvalue weighted by atomic mass is 10.2. The van der Waals surface area contributed by atoms with Gasteiger partial charge in [0.2, 0.25) is 5.91 Å². The van der Waals surface area contributed by atoms with E-state index in [1.54, 1.807) is 6.26 Å². The van der Waals surface area contributed by atoms with Gasteiger partial charge in [-0.1, -0.05) is 0 Å². The predicted molar refractivity (Wildman–Crippen MR) is 59.4 cm³/mol. The van der Waals surface area contributed by atoms with Crippen LogP contribution in [0.25, 0.3) is 0 Å². The number of amides is 1. The maximum Gasteiger partial charge on any atom is 0.411 e. The average Bonchev–Trinajstić information content (AvgIpc) is 2.21. The molecule has 0 fully saturated rings. The maximum atomic E-state index is 11.7. The Hall–Kier alpha value is -0.960. The molecule has 0 aliphatic carbocycles. The van der Waals surface area contributed by atoms with Gasteiger partial charge in [-0.25, -0.2) is 4.79 Å². The highest BCUT2D eigenvalue weighted by molar-refractivity contribution is 7.98. The molecule has 0 saturated carbocycles. The molecule has 5 nitrogen and oxygen atoms in total. The van der Waals surface area contributed by atoms with Crippen molar-refractivity contribution in [1.29, 1.82) is 0 Å². The highest BCUT2D eigenvalue weighted by Crippen LogP contribution is 2.14. The monoisotopic (exact) mass is 289 g/mol. The van der Waals surface area contributed by atoms with Crippen LogP contribution in [0.1, 0.15) is 6.42 Å². The van der Waals surface area contributed by atoms with Crippen LogP contribution in [0.4, 0.5) is 13.2 Å². The van der Waals surface area contributed by atoms with Crippen molar-refractivity contribution in [2.45, 2.75) is 18.6 Å². The minimum atomic E-state index is -4.51. The molecular formula is C9H14F3NO4S. The number of alkyl halides is 3. The van der Waals surface area contributed by atoms with Crippen LogP contribution in [0.2, 0.25) is 0 Å². The van der Waals surface area contributed by atoms with Crippen molar-refractivity contribution in [3.8, 4) is 0 Å². The SMILES string of the molecule is CSCC[C@@H](NC(=O)COCC(F)(F)F)C(=O)O. The second-order valence-corrected chi connectivity index (χ2v) is 4.33. The number of ether oxygens (including phenoxy) is 1. The zero-order valence-electron chi connectivity index (χ0n) is 9.62. The van der Waals surface area contributed by atoms with Crippen molar-refractivity contribution >= 4 is 23.6 Å². The number of thioether (sulfide) groups is 1. The van der Waals surface area contributed by atoms with Crippen molar-refractivity contribution < 1.29 is 32.6 Å². The second kappa shape index (κ2) is 8.20. The molecular weight excluding hydrogens is 275 g/mol. The van der Waals surface area contributed by atoms with E-state index in [1.165, 1.54) is 11.8 Å². The lowest BCUT2D eigenvalue weighted by Gasteiger charge is -2.14. The van der Waals surface area contributed by atoms with Crippen molar-refractivity contribution in [3.05, 3.63) is 0 Å². The highest BCUT2D eigenvalue weighted by Gasteiger charge is 2.28. The van der Waals surface area contributed by atoms with Gasteiger partial charge in [0.25, 0.3) is 0 Å². The average molecular weight is 289 g/mol. The van der Waals surface area contributed by atoms with E-state index in [4.69, 9.17) is 5.11 Å². The fourth-order valence-electron chi connectivity index (χ4n) is 0.989. The fraction of sp³-hybridized carbons (Fsp3) is 0.778. The van der Waals surface area contributed by atoms with Crippen molar-refractivity contribution in [2.75, 3.05) is 25.2 Å². The normalized spacial score (nSPS) is 13.1. The van der Waals surface area contributed by atoms with Gasteiger partial charge in [0, 0.05) is 0 Å². The summed E-state index contributed by atoms with van der Waals surface area (Å²) in [5.74, 6) is -1.60. The summed E-state index contributed by atoms with van der Waals surface area (Å²) in [6.45, 7) is -2.36. The first-order chi connectivity index (χ1) is 8.26. The Labute approximate surface area is 106 Å². The molecule has 0 unspecified atom stereocenters. The van der Waals surface area contributed by atoms with E-state index in [-0.39, 0.29) is 6.42 Å². The number of nitrogens with one attached hydrogen (secondary N) is 1. The van der Waals surface area contributed by atoms with Crippen LogP contribution >= 0.6 is 11.8 Å². The standard InChI is InChI=1S/C9H14F3NO4S/c1-18-3-2-6(8(15)16)13-7(14)4-17-5-9(10,11)12/h6H,2-5H2,1H3,(H,13,14)(H,15,16)/t6-/m1/s1. The fourth-order valence-corrected chi connectivity index (χ4v) is 1.46. The number of carbonyl (C=O) groups excluding carboxylic acids is 1. The predicted octanol–water partition coefficient (Wildman–Crippen LogP) is 0.888. The molecule has 18 heavy (non-hydrogen) atoms. The smallest absolute Gasteiger partial charge is 0.411 e. The summed E-state index contributed by atoms with van der Waals surface area (Å²) < 4.78 is 39.2. The first-order valence-electron chi connectivity index (χ1n) is 4.92. The van der Waals surface area contributed by atoms with Crippen LogP contribution in [-0.4, -0.2) is 54.4 Å². The molecule has 2 N–H and O–H groups in total. The number of carboxylic acids is 1. The Morgan fingerprint density at radius 1 is 1.44 bits per heavy atom. The molecule has 1 amide bonds. The summed E-state index contributed by atoms with van der Waals surface area (Å²) in [5, 5.41) is 10.9. The number of hydrogen-bond acceptors (Lipinski definition) is 4. The molecule has 0 rings (SSSR count). The molecule has 0 heterocycles. The minimum Gasteiger partial charge on any atom is -0.480 e. The Balaban J connectivity index is 3.99. The minimum absolute atomic E-state index is 0.196. The van der Waals surface area contributed by atoms with E-state index in [0.29, 0.717) is 5.75 Å². The summed E-state index contributed by atoms with van der Waals surface area (Å²) >= 11 is 1.40. The van der Waals surface area contributed by atoms with E-state index >= 15 is 0 Å². The molecule has 1 atom stereocenters. The summed E-state index contributed by atoms with van der Waals surface area (Å²) in [7, 11) is 0. The summed E-state index contributed by atoms with van der Waals surface area (Å²) in [5.41, 5.74) is 0. The lowest BCUT2D eigenvalue weighted by Crippen LogP contribution is -2.43. The number of rotatable bonds is 8. The first-order valence-corrected chi connectivity index (χ1v) is 6.31. The Bertz CT molecular complexity index is 285. The summed E-state index contributed by atoms with van der Waals surface area (Å²) in [6, 6.07) is -1.11. The molecule has 0 spiro atoms. The number of hydrogen-bond donors (Lipinski definition) is 2. The molecule has 0 aromatic heterocycles. The molecule has 0 radical (unpaired) electrons. The van der Waals surface area contributed by atoms with Gasteiger partial charge >= 0.3 is 12.1 Å². The van der Waals surface area contributed by atoms with Crippen LogP contribution in [0, 0.1) is 0 Å². The molecule has 0 aliphatic heterocycles. The third kappa shape index (κ3) is 9.11. The van der Waals surface area contributed by atoms with E-state index < -0.39 is 37.3 Å². The molecule has 0 aliphatic rings. The Kier molecular flexibility index (Phi) is 7.76. The molecule has 0 bridgehead atoms. The second-order valence-electron chi connectivity index (χ2n) is 3.35. The van der Waals surface area contributed by atoms with Crippen molar-refractivity contribution in [3.63, 3.8) is 0 Å². The van der Waals surface area contributed by atoms with Gasteiger partial charge < -0.3 is 15.2 Å². The zero-order valence-corrected chi connectivity index (χ0v) is 10.4. The first kappa shape index (κ1) is 17.0.